The lowest BCUT2D eigenvalue weighted by Crippen LogP contribution is -2.31. The van der Waals surface area contributed by atoms with Gasteiger partial charge in [0.2, 0.25) is 0 Å². The summed E-state index contributed by atoms with van der Waals surface area (Å²) in [7, 11) is 0. The van der Waals surface area contributed by atoms with E-state index in [1.54, 1.807) is 23.2 Å². The van der Waals surface area contributed by atoms with Crippen LogP contribution in [-0.4, -0.2) is 43.9 Å². The first-order valence-electron chi connectivity index (χ1n) is 11.2. The molecule has 3 aromatic heterocycles. The molecule has 1 aliphatic rings. The van der Waals surface area contributed by atoms with Gasteiger partial charge in [0.25, 0.3) is 5.56 Å². The molecule has 0 radical (unpaired) electrons. The molecule has 0 spiro atoms. The molecule has 2 N–H and O–H groups in total. The van der Waals surface area contributed by atoms with Gasteiger partial charge in [-0.3, -0.25) is 9.48 Å². The van der Waals surface area contributed by atoms with Crippen LogP contribution in [-0.2, 0) is 13.1 Å². The smallest absolute Gasteiger partial charge is 0.250 e. The van der Waals surface area contributed by atoms with Crippen LogP contribution in [0.1, 0.15) is 24.0 Å². The number of anilines is 1. The summed E-state index contributed by atoms with van der Waals surface area (Å²) >= 11 is 6.02. The SMILES string of the molecule is O=c1ccc(Cl)cn1Cc1ccc(Cn2cc3c(NCC4CCNCC4)ncnc3n2)cc1. The zero-order chi connectivity index (χ0) is 22.6. The van der Waals surface area contributed by atoms with Gasteiger partial charge in [-0.1, -0.05) is 35.9 Å². The van der Waals surface area contributed by atoms with Crippen molar-refractivity contribution in [3.63, 3.8) is 0 Å². The molecule has 5 rings (SSSR count). The third kappa shape index (κ3) is 5.23. The Morgan fingerprint density at radius 1 is 1.00 bits per heavy atom. The van der Waals surface area contributed by atoms with Gasteiger partial charge >= 0.3 is 0 Å². The second kappa shape index (κ2) is 9.72. The quantitative estimate of drug-likeness (QED) is 0.437. The lowest BCUT2D eigenvalue weighted by molar-refractivity contribution is 0.389. The number of hydrogen-bond donors (Lipinski definition) is 2. The van der Waals surface area contributed by atoms with E-state index in [-0.39, 0.29) is 5.56 Å². The molecule has 8 nitrogen and oxygen atoms in total. The molecule has 1 aromatic carbocycles. The maximum atomic E-state index is 12.0. The van der Waals surface area contributed by atoms with E-state index in [0.29, 0.717) is 29.7 Å². The van der Waals surface area contributed by atoms with Gasteiger partial charge in [0, 0.05) is 25.0 Å². The van der Waals surface area contributed by atoms with Gasteiger partial charge in [0.15, 0.2) is 5.65 Å². The van der Waals surface area contributed by atoms with Crippen molar-refractivity contribution in [1.29, 1.82) is 0 Å². The maximum absolute atomic E-state index is 12.0. The minimum Gasteiger partial charge on any atom is -0.369 e. The molecule has 33 heavy (non-hydrogen) atoms. The minimum absolute atomic E-state index is 0.0719. The van der Waals surface area contributed by atoms with Crippen molar-refractivity contribution in [2.24, 2.45) is 5.92 Å². The zero-order valence-electron chi connectivity index (χ0n) is 18.2. The third-order valence-electron chi connectivity index (χ3n) is 6.05. The molecule has 9 heteroatoms. The van der Waals surface area contributed by atoms with Gasteiger partial charge in [-0.05, 0) is 49.0 Å². The summed E-state index contributed by atoms with van der Waals surface area (Å²) in [5.74, 6) is 1.50. The van der Waals surface area contributed by atoms with E-state index >= 15 is 0 Å². The standard InChI is InChI=1S/C24H26ClN7O/c25-20-5-6-22(33)31(14-20)12-18-1-3-19(4-2-18)13-32-15-21-23(28-16-29-24(21)30-32)27-11-17-7-9-26-10-8-17/h1-6,14-17,26H,7-13H2,(H,27,28,29,30). The van der Waals surface area contributed by atoms with Crippen molar-refractivity contribution in [2.45, 2.75) is 25.9 Å². The van der Waals surface area contributed by atoms with E-state index in [1.165, 1.54) is 18.9 Å². The number of piperidine rings is 1. The number of pyridine rings is 1. The van der Waals surface area contributed by atoms with Crippen molar-refractivity contribution in [3.8, 4) is 0 Å². The van der Waals surface area contributed by atoms with Crippen LogP contribution >= 0.6 is 11.6 Å². The Morgan fingerprint density at radius 3 is 2.55 bits per heavy atom. The van der Waals surface area contributed by atoms with Crippen molar-refractivity contribution in [3.05, 3.63) is 81.6 Å². The first kappa shape index (κ1) is 21.6. The zero-order valence-corrected chi connectivity index (χ0v) is 19.0. The van der Waals surface area contributed by atoms with Crippen molar-refractivity contribution >= 4 is 28.5 Å². The van der Waals surface area contributed by atoms with Gasteiger partial charge < -0.3 is 15.2 Å². The lowest BCUT2D eigenvalue weighted by atomic mass is 9.98. The number of fused-ring (bicyclic) bond motifs is 1. The number of nitrogens with zero attached hydrogens (tertiary/aromatic N) is 5. The topological polar surface area (TPSA) is 89.7 Å². The summed E-state index contributed by atoms with van der Waals surface area (Å²) in [6, 6.07) is 11.3. The predicted octanol–water partition coefficient (Wildman–Crippen LogP) is 3.15. The van der Waals surface area contributed by atoms with E-state index in [2.05, 4.69) is 37.8 Å². The molecule has 4 heterocycles. The van der Waals surface area contributed by atoms with Gasteiger partial charge in [0.05, 0.1) is 23.5 Å². The number of aromatic nitrogens is 5. The first-order chi connectivity index (χ1) is 16.1. The van der Waals surface area contributed by atoms with Crippen LogP contribution in [0, 0.1) is 5.92 Å². The third-order valence-corrected chi connectivity index (χ3v) is 6.27. The highest BCUT2D eigenvalue weighted by molar-refractivity contribution is 6.30. The van der Waals surface area contributed by atoms with Crippen LogP contribution in [0.25, 0.3) is 11.0 Å². The number of nitrogens with one attached hydrogen (secondary N) is 2. The largest absolute Gasteiger partial charge is 0.369 e. The molecule has 0 saturated carbocycles. The van der Waals surface area contributed by atoms with E-state index in [1.807, 2.05) is 23.0 Å². The van der Waals surface area contributed by atoms with Gasteiger partial charge in [-0.15, -0.1) is 0 Å². The van der Waals surface area contributed by atoms with E-state index in [9.17, 15) is 4.79 Å². The number of halogens is 1. The lowest BCUT2D eigenvalue weighted by Gasteiger charge is -2.22. The molecule has 4 aromatic rings. The van der Waals surface area contributed by atoms with Crippen molar-refractivity contribution < 1.29 is 0 Å². The highest BCUT2D eigenvalue weighted by atomic mass is 35.5. The average Bonchev–Trinajstić information content (AvgIpc) is 3.25. The molecule has 0 bridgehead atoms. The van der Waals surface area contributed by atoms with Crippen molar-refractivity contribution in [1.82, 2.24) is 29.6 Å². The average molecular weight is 464 g/mol. The van der Waals surface area contributed by atoms with E-state index in [4.69, 9.17) is 11.6 Å². The highest BCUT2D eigenvalue weighted by Gasteiger charge is 2.14. The summed E-state index contributed by atoms with van der Waals surface area (Å²) in [6.45, 7) is 4.18. The molecule has 0 unspecified atom stereocenters. The van der Waals surface area contributed by atoms with Crippen LogP contribution < -0.4 is 16.2 Å². The minimum atomic E-state index is -0.0719. The Morgan fingerprint density at radius 2 is 1.76 bits per heavy atom. The van der Waals surface area contributed by atoms with Gasteiger partial charge in [0.1, 0.15) is 12.1 Å². The molecular formula is C24H26ClN7O. The Bertz CT molecular complexity index is 1290. The monoisotopic (exact) mass is 463 g/mol. The van der Waals surface area contributed by atoms with Crippen LogP contribution in [0.2, 0.25) is 5.02 Å². The summed E-state index contributed by atoms with van der Waals surface area (Å²) in [5, 5.41) is 13.0. The second-order valence-electron chi connectivity index (χ2n) is 8.49. The Hall–Kier alpha value is -3.23. The number of benzene rings is 1. The summed E-state index contributed by atoms with van der Waals surface area (Å²) in [5.41, 5.74) is 2.76. The van der Waals surface area contributed by atoms with Crippen LogP contribution in [0.15, 0.2) is 59.9 Å². The molecule has 0 amide bonds. The fourth-order valence-electron chi connectivity index (χ4n) is 4.19. The van der Waals surface area contributed by atoms with Crippen LogP contribution in [0.5, 0.6) is 0 Å². The molecule has 1 saturated heterocycles. The van der Waals surface area contributed by atoms with Crippen molar-refractivity contribution in [2.75, 3.05) is 25.0 Å². The molecular weight excluding hydrogens is 438 g/mol. The number of rotatable bonds is 7. The molecule has 0 atom stereocenters. The maximum Gasteiger partial charge on any atom is 0.250 e. The molecule has 170 valence electrons. The second-order valence-corrected chi connectivity index (χ2v) is 8.93. The molecule has 1 aliphatic heterocycles. The van der Waals surface area contributed by atoms with E-state index in [0.717, 1.165) is 42.0 Å². The predicted molar refractivity (Wildman–Crippen MR) is 130 cm³/mol. The number of hydrogen-bond acceptors (Lipinski definition) is 6. The fraction of sp³-hybridized carbons (Fsp3) is 0.333. The first-order valence-corrected chi connectivity index (χ1v) is 11.6. The van der Waals surface area contributed by atoms with Crippen LogP contribution in [0.3, 0.4) is 0 Å². The highest BCUT2D eigenvalue weighted by Crippen LogP contribution is 2.20. The van der Waals surface area contributed by atoms with Gasteiger partial charge in [-0.2, -0.15) is 5.10 Å². The van der Waals surface area contributed by atoms with E-state index < -0.39 is 0 Å². The summed E-state index contributed by atoms with van der Waals surface area (Å²) < 4.78 is 3.50. The van der Waals surface area contributed by atoms with Gasteiger partial charge in [-0.25, -0.2) is 9.97 Å². The normalized spacial score (nSPS) is 14.6. The molecule has 1 fully saturated rings. The molecule has 0 aliphatic carbocycles. The Balaban J connectivity index is 1.27. The fourth-order valence-corrected chi connectivity index (χ4v) is 4.37. The van der Waals surface area contributed by atoms with Crippen LogP contribution in [0.4, 0.5) is 5.82 Å². The Kier molecular flexibility index (Phi) is 6.37. The Labute approximate surface area is 196 Å². The summed E-state index contributed by atoms with van der Waals surface area (Å²) in [6.07, 6.45) is 7.59. The summed E-state index contributed by atoms with van der Waals surface area (Å²) in [4.78, 5) is 20.8.